The molecular formula is C33H44O8. The van der Waals surface area contributed by atoms with Crippen molar-refractivity contribution in [2.75, 3.05) is 28.4 Å². The lowest BCUT2D eigenvalue weighted by atomic mass is 9.52. The van der Waals surface area contributed by atoms with Gasteiger partial charge in [-0.2, -0.15) is 0 Å². The number of aliphatic hydroxyl groups is 1. The lowest BCUT2D eigenvalue weighted by molar-refractivity contribution is -0.172. The van der Waals surface area contributed by atoms with Crippen molar-refractivity contribution in [1.29, 1.82) is 0 Å². The molecule has 0 amide bonds. The highest BCUT2D eigenvalue weighted by atomic mass is 16.5. The Hall–Kier alpha value is -3.13. The molecule has 41 heavy (non-hydrogen) atoms. The van der Waals surface area contributed by atoms with E-state index < -0.39 is 17.4 Å². The molecule has 0 saturated heterocycles. The molecule has 2 aromatic carbocycles. The van der Waals surface area contributed by atoms with Crippen molar-refractivity contribution in [2.45, 2.75) is 77.7 Å². The summed E-state index contributed by atoms with van der Waals surface area (Å²) in [5.74, 6) is -0.197. The second-order valence-electron chi connectivity index (χ2n) is 11.9. The van der Waals surface area contributed by atoms with Crippen LogP contribution in [0.15, 0.2) is 18.2 Å². The lowest BCUT2D eigenvalue weighted by Crippen LogP contribution is -2.53. The predicted molar refractivity (Wildman–Crippen MR) is 155 cm³/mol. The number of methoxy groups -OCH3 is 4. The van der Waals surface area contributed by atoms with E-state index in [4.69, 9.17) is 18.9 Å². The van der Waals surface area contributed by atoms with E-state index in [2.05, 4.69) is 0 Å². The van der Waals surface area contributed by atoms with Crippen molar-refractivity contribution in [3.05, 3.63) is 40.5 Å². The number of aryl methyl sites for hydroxylation is 2. The van der Waals surface area contributed by atoms with Crippen molar-refractivity contribution in [3.63, 3.8) is 0 Å². The largest absolute Gasteiger partial charge is 0.495 e. The van der Waals surface area contributed by atoms with Crippen molar-refractivity contribution in [3.8, 4) is 5.75 Å². The van der Waals surface area contributed by atoms with Gasteiger partial charge in [-0.05, 0) is 111 Å². The van der Waals surface area contributed by atoms with Crippen molar-refractivity contribution < 1.29 is 38.4 Å². The number of hydrogen-bond donors (Lipinski definition) is 1. The smallest absolute Gasteiger partial charge is 0.341 e. The molecule has 2 fully saturated rings. The highest BCUT2D eigenvalue weighted by Gasteiger charge is 2.55. The number of benzene rings is 2. The number of ether oxygens (including phenoxy) is 4. The Bertz CT molecular complexity index is 1300. The third-order valence-electron chi connectivity index (χ3n) is 9.88. The molecule has 224 valence electrons. The number of aliphatic hydroxyl groups excluding tert-OH is 1. The fourth-order valence-corrected chi connectivity index (χ4v) is 7.71. The Kier molecular flexibility index (Phi) is 9.62. The summed E-state index contributed by atoms with van der Waals surface area (Å²) in [6.07, 6.45) is 7.26. The monoisotopic (exact) mass is 568 g/mol. The summed E-state index contributed by atoms with van der Waals surface area (Å²) in [5, 5.41) is 12.2. The molecule has 0 aliphatic heterocycles. The van der Waals surface area contributed by atoms with Gasteiger partial charge in [-0.15, -0.1) is 0 Å². The van der Waals surface area contributed by atoms with Crippen molar-refractivity contribution in [1.82, 2.24) is 0 Å². The van der Waals surface area contributed by atoms with E-state index in [1.807, 2.05) is 26.0 Å². The van der Waals surface area contributed by atoms with Gasteiger partial charge >= 0.3 is 17.9 Å². The predicted octanol–water partition coefficient (Wildman–Crippen LogP) is 5.81. The van der Waals surface area contributed by atoms with Crippen molar-refractivity contribution in [2.24, 2.45) is 23.2 Å². The van der Waals surface area contributed by atoms with Gasteiger partial charge in [-0.1, -0.05) is 12.8 Å². The zero-order valence-corrected chi connectivity index (χ0v) is 25.2. The van der Waals surface area contributed by atoms with E-state index in [1.54, 1.807) is 6.07 Å². The third-order valence-corrected chi connectivity index (χ3v) is 9.88. The third kappa shape index (κ3) is 5.68. The quantitative estimate of drug-likeness (QED) is 0.229. The minimum atomic E-state index is -0.620. The Morgan fingerprint density at radius 1 is 0.927 bits per heavy atom. The van der Waals surface area contributed by atoms with Gasteiger partial charge in [-0.3, -0.25) is 4.79 Å². The topological polar surface area (TPSA) is 108 Å². The van der Waals surface area contributed by atoms with E-state index in [0.29, 0.717) is 23.3 Å². The van der Waals surface area contributed by atoms with Gasteiger partial charge in [0.25, 0.3) is 0 Å². The molecule has 0 aromatic heterocycles. The van der Waals surface area contributed by atoms with E-state index in [1.165, 1.54) is 28.4 Å². The maximum atomic E-state index is 13.2. The number of rotatable bonds is 9. The lowest BCUT2D eigenvalue weighted by Gasteiger charge is -2.52. The normalized spacial score (nSPS) is 25.7. The molecule has 2 saturated carbocycles. The number of carbonyl (C=O) groups is 3. The first-order valence-corrected chi connectivity index (χ1v) is 14.7. The van der Waals surface area contributed by atoms with Crippen LogP contribution >= 0.6 is 0 Å². The first-order valence-electron chi connectivity index (χ1n) is 14.7. The van der Waals surface area contributed by atoms with Gasteiger partial charge in [0.15, 0.2) is 0 Å². The Morgan fingerprint density at radius 3 is 2.32 bits per heavy atom. The van der Waals surface area contributed by atoms with Gasteiger partial charge in [-0.25, -0.2) is 9.59 Å². The fraction of sp³-hybridized carbons (Fsp3) is 0.606. The average Bonchev–Trinajstić information content (AvgIpc) is 2.98. The molecule has 1 N–H and O–H groups in total. The number of esters is 3. The minimum absolute atomic E-state index is 0.126. The number of carbonyl (C=O) groups excluding carboxylic acids is 3. The molecular weight excluding hydrogens is 524 g/mol. The second-order valence-corrected chi connectivity index (χ2v) is 11.9. The van der Waals surface area contributed by atoms with Crippen LogP contribution in [0.1, 0.15) is 90.1 Å². The Labute approximate surface area is 242 Å². The zero-order chi connectivity index (χ0) is 29.9. The van der Waals surface area contributed by atoms with Crippen LogP contribution in [0.5, 0.6) is 5.75 Å². The fourth-order valence-electron chi connectivity index (χ4n) is 7.71. The molecule has 2 aromatic rings. The maximum absolute atomic E-state index is 13.2. The molecule has 0 heterocycles. The molecule has 0 bridgehead atoms. The summed E-state index contributed by atoms with van der Waals surface area (Å²) >= 11 is 0. The van der Waals surface area contributed by atoms with Crippen LogP contribution in [0.4, 0.5) is 0 Å². The van der Waals surface area contributed by atoms with Gasteiger partial charge < -0.3 is 24.1 Å². The standard InChI is InChI=1S/C33H44O8/c1-19-16-25-21(18-24(19)30(35)39-4)17-20(28(29(25)38-3)31(36)40-5)10-7-8-11-22-14-15-23-26(12-9-13-27(23)34)33(22,2)32(37)41-6/h16-18,22-23,26-27,34H,7-15H2,1-6H3. The molecule has 0 spiro atoms. The molecule has 2 aliphatic carbocycles. The summed E-state index contributed by atoms with van der Waals surface area (Å²) in [5.41, 5.74) is 1.74. The van der Waals surface area contributed by atoms with Crippen LogP contribution in [-0.2, 0) is 25.4 Å². The Morgan fingerprint density at radius 2 is 1.66 bits per heavy atom. The summed E-state index contributed by atoms with van der Waals surface area (Å²) in [4.78, 5) is 38.5. The van der Waals surface area contributed by atoms with Gasteiger partial charge in [0.05, 0.1) is 45.5 Å². The van der Waals surface area contributed by atoms with E-state index in [9.17, 15) is 19.5 Å². The molecule has 0 radical (unpaired) electrons. The number of unbranched alkanes of at least 4 members (excludes halogenated alkanes) is 1. The number of fused-ring (bicyclic) bond motifs is 2. The molecule has 2 aliphatic rings. The van der Waals surface area contributed by atoms with Crippen LogP contribution in [0.2, 0.25) is 0 Å². The van der Waals surface area contributed by atoms with Crippen LogP contribution in [-0.4, -0.2) is 57.6 Å². The molecule has 5 unspecified atom stereocenters. The molecule has 8 heteroatoms. The second kappa shape index (κ2) is 12.8. The molecule has 5 atom stereocenters. The summed E-state index contributed by atoms with van der Waals surface area (Å²) in [6.45, 7) is 3.86. The minimum Gasteiger partial charge on any atom is -0.495 e. The zero-order valence-electron chi connectivity index (χ0n) is 25.2. The average molecular weight is 569 g/mol. The van der Waals surface area contributed by atoms with Gasteiger partial charge in [0, 0.05) is 5.39 Å². The number of hydrogen-bond acceptors (Lipinski definition) is 8. The van der Waals surface area contributed by atoms with E-state index in [-0.39, 0.29) is 29.8 Å². The summed E-state index contributed by atoms with van der Waals surface area (Å²) in [6, 6.07) is 5.55. The summed E-state index contributed by atoms with van der Waals surface area (Å²) in [7, 11) is 5.70. The first kappa shape index (κ1) is 30.8. The molecule has 8 nitrogen and oxygen atoms in total. The molecule has 4 rings (SSSR count). The first-order chi connectivity index (χ1) is 19.6. The van der Waals surface area contributed by atoms with Crippen LogP contribution < -0.4 is 4.74 Å². The SMILES string of the molecule is COC(=O)c1cc2cc(CCCCC3CCC4C(O)CCCC4C3(C)C(=O)OC)c(C(=O)OC)c(OC)c2cc1C. The van der Waals surface area contributed by atoms with Crippen molar-refractivity contribution >= 4 is 28.7 Å². The summed E-state index contributed by atoms with van der Waals surface area (Å²) < 4.78 is 21.2. The van der Waals surface area contributed by atoms with Gasteiger partial charge in [0.1, 0.15) is 11.3 Å². The Balaban J connectivity index is 1.59. The van der Waals surface area contributed by atoms with Crippen LogP contribution in [0.25, 0.3) is 10.8 Å². The highest BCUT2D eigenvalue weighted by Crippen LogP contribution is 2.55. The van der Waals surface area contributed by atoms with E-state index in [0.717, 1.165) is 73.3 Å². The highest BCUT2D eigenvalue weighted by molar-refractivity contribution is 6.05. The van der Waals surface area contributed by atoms with E-state index >= 15 is 0 Å². The maximum Gasteiger partial charge on any atom is 0.341 e. The van der Waals surface area contributed by atoms with Gasteiger partial charge in [0.2, 0.25) is 0 Å². The van der Waals surface area contributed by atoms with Crippen LogP contribution in [0, 0.1) is 30.1 Å². The van der Waals surface area contributed by atoms with Crippen LogP contribution in [0.3, 0.4) is 0 Å².